The highest BCUT2D eigenvalue weighted by molar-refractivity contribution is 6.03. The average Bonchev–Trinajstić information content (AvgIpc) is 2.72. The quantitative estimate of drug-likeness (QED) is 0.822. The third-order valence-electron chi connectivity index (χ3n) is 3.69. The standard InChI is InChI=1S/C13H20N4O2/c1-8-11(10(3)16(4)15-8)6-5-7-17-12(18)9(2)14-13(17)19/h9H,5-7H2,1-4H3,(H,14,19). The molecule has 2 rings (SSSR count). The van der Waals surface area contributed by atoms with Gasteiger partial charge in [-0.15, -0.1) is 0 Å². The van der Waals surface area contributed by atoms with Crippen molar-refractivity contribution in [3.8, 4) is 0 Å². The number of carbonyl (C=O) groups excluding carboxylic acids is 2. The second-order valence-corrected chi connectivity index (χ2v) is 5.04. The number of rotatable bonds is 4. The first-order valence-corrected chi connectivity index (χ1v) is 6.52. The van der Waals surface area contributed by atoms with Gasteiger partial charge in [0.1, 0.15) is 6.04 Å². The summed E-state index contributed by atoms with van der Waals surface area (Å²) in [5.41, 5.74) is 3.37. The normalized spacial score (nSPS) is 19.2. The lowest BCUT2D eigenvalue weighted by atomic mass is 10.1. The monoisotopic (exact) mass is 264 g/mol. The van der Waals surface area contributed by atoms with Gasteiger partial charge in [0, 0.05) is 19.3 Å². The maximum Gasteiger partial charge on any atom is 0.324 e. The minimum atomic E-state index is -0.394. The molecule has 0 saturated carbocycles. The van der Waals surface area contributed by atoms with Crippen molar-refractivity contribution < 1.29 is 9.59 Å². The lowest BCUT2D eigenvalue weighted by molar-refractivity contribution is -0.127. The van der Waals surface area contributed by atoms with E-state index in [2.05, 4.69) is 10.4 Å². The van der Waals surface area contributed by atoms with Crippen molar-refractivity contribution in [3.63, 3.8) is 0 Å². The van der Waals surface area contributed by atoms with Gasteiger partial charge in [-0.1, -0.05) is 0 Å². The second kappa shape index (κ2) is 5.03. The van der Waals surface area contributed by atoms with Gasteiger partial charge in [-0.2, -0.15) is 5.10 Å². The molecule has 1 saturated heterocycles. The molecule has 1 N–H and O–H groups in total. The van der Waals surface area contributed by atoms with Crippen molar-refractivity contribution in [2.45, 2.75) is 39.7 Å². The van der Waals surface area contributed by atoms with Crippen molar-refractivity contribution >= 4 is 11.9 Å². The van der Waals surface area contributed by atoms with Gasteiger partial charge >= 0.3 is 6.03 Å². The molecule has 6 nitrogen and oxygen atoms in total. The topological polar surface area (TPSA) is 67.2 Å². The molecule has 1 aliphatic rings. The average molecular weight is 264 g/mol. The van der Waals surface area contributed by atoms with E-state index in [1.807, 2.05) is 25.6 Å². The maximum atomic E-state index is 11.7. The van der Waals surface area contributed by atoms with E-state index in [1.54, 1.807) is 6.92 Å². The van der Waals surface area contributed by atoms with Crippen LogP contribution in [0.4, 0.5) is 4.79 Å². The molecule has 3 amide bonds. The molecule has 0 bridgehead atoms. The molecule has 104 valence electrons. The summed E-state index contributed by atoms with van der Waals surface area (Å²) in [6.45, 7) is 6.18. The molecule has 0 aromatic carbocycles. The summed E-state index contributed by atoms with van der Waals surface area (Å²) in [7, 11) is 1.92. The van der Waals surface area contributed by atoms with Crippen LogP contribution < -0.4 is 5.32 Å². The summed E-state index contributed by atoms with van der Waals surface area (Å²) in [5, 5.41) is 6.97. The van der Waals surface area contributed by atoms with Gasteiger partial charge in [-0.3, -0.25) is 14.4 Å². The molecule has 1 unspecified atom stereocenters. The molecule has 0 radical (unpaired) electrons. The molecule has 1 atom stereocenters. The van der Waals surface area contributed by atoms with E-state index < -0.39 is 6.04 Å². The molecular formula is C13H20N4O2. The highest BCUT2D eigenvalue weighted by Gasteiger charge is 2.34. The van der Waals surface area contributed by atoms with Crippen molar-refractivity contribution in [1.82, 2.24) is 20.0 Å². The van der Waals surface area contributed by atoms with Gasteiger partial charge in [-0.25, -0.2) is 4.79 Å². The molecule has 0 spiro atoms. The van der Waals surface area contributed by atoms with E-state index in [4.69, 9.17) is 0 Å². The highest BCUT2D eigenvalue weighted by Crippen LogP contribution is 2.15. The number of carbonyl (C=O) groups is 2. The lowest BCUT2D eigenvalue weighted by Gasteiger charge is -2.12. The number of aryl methyl sites for hydroxylation is 2. The SMILES string of the molecule is Cc1nn(C)c(C)c1CCCN1C(=O)NC(C)C1=O. The molecule has 19 heavy (non-hydrogen) atoms. The Morgan fingerprint density at radius 2 is 2.00 bits per heavy atom. The first-order chi connectivity index (χ1) is 8.91. The fourth-order valence-electron chi connectivity index (χ4n) is 2.46. The molecule has 1 aromatic rings. The zero-order valence-corrected chi connectivity index (χ0v) is 11.9. The number of aromatic nitrogens is 2. The minimum Gasteiger partial charge on any atom is -0.326 e. The third kappa shape index (κ3) is 2.47. The van der Waals surface area contributed by atoms with Crippen LogP contribution in [0.2, 0.25) is 0 Å². The Kier molecular flexibility index (Phi) is 3.59. The predicted molar refractivity (Wildman–Crippen MR) is 70.7 cm³/mol. The fourth-order valence-corrected chi connectivity index (χ4v) is 2.46. The van der Waals surface area contributed by atoms with Crippen LogP contribution in [0.5, 0.6) is 0 Å². The number of nitrogens with one attached hydrogen (secondary N) is 1. The maximum absolute atomic E-state index is 11.7. The zero-order chi connectivity index (χ0) is 14.2. The van der Waals surface area contributed by atoms with Crippen LogP contribution in [0.3, 0.4) is 0 Å². The summed E-state index contributed by atoms with van der Waals surface area (Å²) in [4.78, 5) is 24.6. The Morgan fingerprint density at radius 3 is 2.47 bits per heavy atom. The van der Waals surface area contributed by atoms with Crippen LogP contribution >= 0.6 is 0 Å². The second-order valence-electron chi connectivity index (χ2n) is 5.04. The van der Waals surface area contributed by atoms with E-state index in [0.717, 1.165) is 24.2 Å². The van der Waals surface area contributed by atoms with Gasteiger partial charge in [0.25, 0.3) is 5.91 Å². The predicted octanol–water partition coefficient (Wildman–Crippen LogP) is 0.910. The van der Waals surface area contributed by atoms with Crippen LogP contribution in [0.25, 0.3) is 0 Å². The Bertz CT molecular complexity index is 521. The lowest BCUT2D eigenvalue weighted by Crippen LogP contribution is -2.32. The van der Waals surface area contributed by atoms with Crippen LogP contribution in [0, 0.1) is 13.8 Å². The molecule has 1 aliphatic heterocycles. The van der Waals surface area contributed by atoms with Gasteiger partial charge in [0.15, 0.2) is 0 Å². The number of amides is 3. The first kappa shape index (κ1) is 13.6. The molecule has 2 heterocycles. The Balaban J connectivity index is 1.94. The number of hydrogen-bond donors (Lipinski definition) is 1. The summed E-state index contributed by atoms with van der Waals surface area (Å²) >= 11 is 0. The number of urea groups is 1. The van der Waals surface area contributed by atoms with Crippen LogP contribution in [0.1, 0.15) is 30.3 Å². The van der Waals surface area contributed by atoms with Crippen LogP contribution in [-0.2, 0) is 18.3 Å². The Hall–Kier alpha value is -1.85. The van der Waals surface area contributed by atoms with E-state index in [1.165, 1.54) is 10.5 Å². The van der Waals surface area contributed by atoms with Crippen molar-refractivity contribution in [2.24, 2.45) is 7.05 Å². The summed E-state index contributed by atoms with van der Waals surface area (Å²) in [6.07, 6.45) is 1.59. The van der Waals surface area contributed by atoms with Crippen molar-refractivity contribution in [3.05, 3.63) is 17.0 Å². The molecule has 6 heteroatoms. The van der Waals surface area contributed by atoms with E-state index in [-0.39, 0.29) is 11.9 Å². The number of nitrogens with zero attached hydrogens (tertiary/aromatic N) is 3. The highest BCUT2D eigenvalue weighted by atomic mass is 16.2. The van der Waals surface area contributed by atoms with Gasteiger partial charge in [0.2, 0.25) is 0 Å². The van der Waals surface area contributed by atoms with E-state index >= 15 is 0 Å². The Morgan fingerprint density at radius 1 is 1.32 bits per heavy atom. The van der Waals surface area contributed by atoms with Crippen LogP contribution in [0.15, 0.2) is 0 Å². The van der Waals surface area contributed by atoms with Gasteiger partial charge in [0.05, 0.1) is 5.69 Å². The van der Waals surface area contributed by atoms with Gasteiger partial charge in [-0.05, 0) is 39.2 Å². The molecule has 1 fully saturated rings. The minimum absolute atomic E-state index is 0.135. The summed E-state index contributed by atoms with van der Waals surface area (Å²) < 4.78 is 1.86. The van der Waals surface area contributed by atoms with E-state index in [9.17, 15) is 9.59 Å². The third-order valence-corrected chi connectivity index (χ3v) is 3.69. The van der Waals surface area contributed by atoms with Crippen molar-refractivity contribution in [1.29, 1.82) is 0 Å². The number of hydrogen-bond acceptors (Lipinski definition) is 3. The largest absolute Gasteiger partial charge is 0.326 e. The zero-order valence-electron chi connectivity index (χ0n) is 11.9. The van der Waals surface area contributed by atoms with Gasteiger partial charge < -0.3 is 5.32 Å². The summed E-state index contributed by atoms with van der Waals surface area (Å²) in [5.74, 6) is -0.135. The van der Waals surface area contributed by atoms with E-state index in [0.29, 0.717) is 6.54 Å². The smallest absolute Gasteiger partial charge is 0.324 e. The molecular weight excluding hydrogens is 244 g/mol. The molecule has 1 aromatic heterocycles. The summed E-state index contributed by atoms with van der Waals surface area (Å²) in [6, 6.07) is -0.675. The first-order valence-electron chi connectivity index (χ1n) is 6.52. The number of imide groups is 1. The fraction of sp³-hybridized carbons (Fsp3) is 0.615. The van der Waals surface area contributed by atoms with Crippen LogP contribution in [-0.4, -0.2) is 39.2 Å². The Labute approximate surface area is 112 Å². The molecule has 0 aliphatic carbocycles. The van der Waals surface area contributed by atoms with Crippen molar-refractivity contribution in [2.75, 3.05) is 6.54 Å².